The van der Waals surface area contributed by atoms with Gasteiger partial charge in [-0.25, -0.2) is 9.78 Å². The Morgan fingerprint density at radius 1 is 1.30 bits per heavy atom. The molecule has 27 heavy (non-hydrogen) atoms. The Morgan fingerprint density at radius 3 is 3.04 bits per heavy atom. The van der Waals surface area contributed by atoms with E-state index in [9.17, 15) is 4.79 Å². The summed E-state index contributed by atoms with van der Waals surface area (Å²) in [5, 5.41) is 5.38. The van der Waals surface area contributed by atoms with Gasteiger partial charge in [0.25, 0.3) is 5.78 Å². The quantitative estimate of drug-likeness (QED) is 0.550. The first-order valence-electron chi connectivity index (χ1n) is 8.78. The second-order valence-corrected chi connectivity index (χ2v) is 6.73. The van der Waals surface area contributed by atoms with Crippen LogP contribution in [-0.4, -0.2) is 44.2 Å². The van der Waals surface area contributed by atoms with Crippen LogP contribution < -0.4 is 4.90 Å². The van der Waals surface area contributed by atoms with Gasteiger partial charge in [-0.3, -0.25) is 0 Å². The Hall–Kier alpha value is -3.42. The van der Waals surface area contributed by atoms with Crippen molar-refractivity contribution in [3.8, 4) is 0 Å². The minimum atomic E-state index is -0.325. The summed E-state index contributed by atoms with van der Waals surface area (Å²) in [6, 6.07) is 7.67. The molecule has 0 radical (unpaired) electrons. The van der Waals surface area contributed by atoms with Crippen molar-refractivity contribution in [3.63, 3.8) is 0 Å². The molecule has 0 amide bonds. The Morgan fingerprint density at radius 2 is 2.19 bits per heavy atom. The average molecular weight is 362 g/mol. The second kappa shape index (κ2) is 5.80. The molecule has 1 aliphatic heterocycles. The van der Waals surface area contributed by atoms with Gasteiger partial charge in [-0.15, -0.1) is 0 Å². The van der Waals surface area contributed by atoms with E-state index >= 15 is 0 Å². The molecule has 4 heterocycles. The molecule has 0 atom stereocenters. The number of fused-ring (bicyclic) bond motifs is 4. The summed E-state index contributed by atoms with van der Waals surface area (Å²) in [4.78, 5) is 26.3. The van der Waals surface area contributed by atoms with Crippen LogP contribution in [-0.2, 0) is 17.7 Å². The van der Waals surface area contributed by atoms with Crippen molar-refractivity contribution in [2.45, 2.75) is 19.9 Å². The lowest BCUT2D eigenvalue weighted by atomic mass is 10.0. The van der Waals surface area contributed by atoms with Crippen LogP contribution in [0.1, 0.15) is 27.3 Å². The maximum absolute atomic E-state index is 11.9. The van der Waals surface area contributed by atoms with Crippen LogP contribution in [0, 0.1) is 6.92 Å². The number of benzene rings is 1. The first kappa shape index (κ1) is 15.8. The fourth-order valence-corrected chi connectivity index (χ4v) is 3.79. The standard InChI is InChI=1S/C19H18N6O2/c1-11-7-17(25-19(22-11)20-10-21-25)24-6-5-16-14(9-24)13-8-12(18(26)27-2)3-4-15(13)23-16/h3-4,7-8,10,23H,5-6,9H2,1-2H3. The molecule has 5 rings (SSSR count). The van der Waals surface area contributed by atoms with E-state index in [1.54, 1.807) is 10.6 Å². The number of H-pyrrole nitrogens is 1. The molecule has 136 valence electrons. The zero-order valence-electron chi connectivity index (χ0n) is 15.1. The molecular formula is C19H18N6O2. The van der Waals surface area contributed by atoms with Gasteiger partial charge in [0.05, 0.1) is 12.7 Å². The molecule has 0 unspecified atom stereocenters. The van der Waals surface area contributed by atoms with Crippen LogP contribution >= 0.6 is 0 Å². The van der Waals surface area contributed by atoms with Crippen molar-refractivity contribution >= 4 is 28.5 Å². The normalized spacial score (nSPS) is 13.9. The Balaban J connectivity index is 1.60. The number of carbonyl (C=O) groups is 1. The van der Waals surface area contributed by atoms with Crippen molar-refractivity contribution in [1.29, 1.82) is 0 Å². The number of hydrogen-bond donors (Lipinski definition) is 1. The maximum atomic E-state index is 11.9. The van der Waals surface area contributed by atoms with Crippen molar-refractivity contribution in [2.24, 2.45) is 0 Å². The molecular weight excluding hydrogens is 344 g/mol. The largest absolute Gasteiger partial charge is 0.465 e. The molecule has 8 heteroatoms. The molecule has 1 aliphatic rings. The summed E-state index contributed by atoms with van der Waals surface area (Å²) >= 11 is 0. The molecule has 0 fully saturated rings. The van der Waals surface area contributed by atoms with Crippen LogP contribution in [0.5, 0.6) is 0 Å². The van der Waals surface area contributed by atoms with Gasteiger partial charge in [0.15, 0.2) is 0 Å². The molecule has 4 aromatic rings. The Labute approximate surface area is 154 Å². The monoisotopic (exact) mass is 362 g/mol. The van der Waals surface area contributed by atoms with Gasteiger partial charge in [-0.1, -0.05) is 0 Å². The lowest BCUT2D eigenvalue weighted by molar-refractivity contribution is 0.0601. The predicted molar refractivity (Wildman–Crippen MR) is 99.9 cm³/mol. The third kappa shape index (κ3) is 2.44. The van der Waals surface area contributed by atoms with Gasteiger partial charge in [-0.2, -0.15) is 14.6 Å². The van der Waals surface area contributed by atoms with Gasteiger partial charge >= 0.3 is 5.97 Å². The highest BCUT2D eigenvalue weighted by molar-refractivity contribution is 5.96. The number of rotatable bonds is 2. The third-order valence-electron chi connectivity index (χ3n) is 5.08. The van der Waals surface area contributed by atoms with Crippen LogP contribution in [0.25, 0.3) is 16.7 Å². The lowest BCUT2D eigenvalue weighted by Gasteiger charge is -2.29. The summed E-state index contributed by atoms with van der Waals surface area (Å²) < 4.78 is 6.63. The van der Waals surface area contributed by atoms with Crippen molar-refractivity contribution in [1.82, 2.24) is 24.6 Å². The van der Waals surface area contributed by atoms with E-state index in [4.69, 9.17) is 4.74 Å². The lowest BCUT2D eigenvalue weighted by Crippen LogP contribution is -2.32. The number of methoxy groups -OCH3 is 1. The predicted octanol–water partition coefficient (Wildman–Crippen LogP) is 2.26. The number of nitrogens with zero attached hydrogens (tertiary/aromatic N) is 5. The minimum absolute atomic E-state index is 0.325. The van der Waals surface area contributed by atoms with Gasteiger partial charge in [0.2, 0.25) is 0 Å². The van der Waals surface area contributed by atoms with Gasteiger partial charge in [0, 0.05) is 53.4 Å². The first-order chi connectivity index (χ1) is 13.1. The van der Waals surface area contributed by atoms with Gasteiger partial charge < -0.3 is 14.6 Å². The molecule has 0 bridgehead atoms. The Kier molecular flexibility index (Phi) is 3.40. The van der Waals surface area contributed by atoms with E-state index < -0.39 is 0 Å². The van der Waals surface area contributed by atoms with Crippen LogP contribution in [0.2, 0.25) is 0 Å². The van der Waals surface area contributed by atoms with E-state index in [1.807, 2.05) is 25.1 Å². The van der Waals surface area contributed by atoms with E-state index in [2.05, 4.69) is 25.0 Å². The summed E-state index contributed by atoms with van der Waals surface area (Å²) in [6.45, 7) is 3.54. The van der Waals surface area contributed by atoms with E-state index in [0.29, 0.717) is 11.3 Å². The van der Waals surface area contributed by atoms with E-state index in [0.717, 1.165) is 41.9 Å². The van der Waals surface area contributed by atoms with Crippen molar-refractivity contribution < 1.29 is 9.53 Å². The molecule has 0 saturated carbocycles. The summed E-state index contributed by atoms with van der Waals surface area (Å²) in [7, 11) is 1.40. The van der Waals surface area contributed by atoms with Crippen LogP contribution in [0.15, 0.2) is 30.6 Å². The summed E-state index contributed by atoms with van der Waals surface area (Å²) in [5.74, 6) is 1.25. The first-order valence-corrected chi connectivity index (χ1v) is 8.78. The number of ether oxygens (including phenoxy) is 1. The molecule has 0 aliphatic carbocycles. The average Bonchev–Trinajstić information content (AvgIpc) is 3.29. The summed E-state index contributed by atoms with van der Waals surface area (Å²) in [6.07, 6.45) is 2.41. The zero-order chi connectivity index (χ0) is 18.5. The number of anilines is 1. The molecule has 0 spiro atoms. The van der Waals surface area contributed by atoms with Crippen LogP contribution in [0.4, 0.5) is 5.82 Å². The number of carbonyl (C=O) groups excluding carboxylic acids is 1. The Bertz CT molecular complexity index is 1190. The number of aromatic nitrogens is 5. The number of aromatic amines is 1. The molecule has 1 aromatic carbocycles. The van der Waals surface area contributed by atoms with E-state index in [1.165, 1.54) is 24.7 Å². The van der Waals surface area contributed by atoms with Crippen molar-refractivity contribution in [3.05, 3.63) is 53.1 Å². The molecule has 3 aromatic heterocycles. The minimum Gasteiger partial charge on any atom is -0.465 e. The SMILES string of the molecule is COC(=O)c1ccc2[nH]c3c(c2c1)CN(c1cc(C)nc2ncnn12)CC3. The fraction of sp³-hybridized carbons (Fsp3) is 0.263. The summed E-state index contributed by atoms with van der Waals surface area (Å²) in [5.41, 5.74) is 4.91. The highest BCUT2D eigenvalue weighted by Crippen LogP contribution is 2.31. The topological polar surface area (TPSA) is 88.4 Å². The smallest absolute Gasteiger partial charge is 0.337 e. The van der Waals surface area contributed by atoms with Gasteiger partial charge in [-0.05, 0) is 25.1 Å². The zero-order valence-corrected chi connectivity index (χ0v) is 15.1. The fourth-order valence-electron chi connectivity index (χ4n) is 3.79. The maximum Gasteiger partial charge on any atom is 0.337 e. The highest BCUT2D eigenvalue weighted by atomic mass is 16.5. The molecule has 0 saturated heterocycles. The molecule has 1 N–H and O–H groups in total. The highest BCUT2D eigenvalue weighted by Gasteiger charge is 2.24. The number of aryl methyl sites for hydroxylation is 1. The van der Waals surface area contributed by atoms with Crippen molar-refractivity contribution in [2.75, 3.05) is 18.6 Å². The number of esters is 1. The van der Waals surface area contributed by atoms with Crippen LogP contribution in [0.3, 0.4) is 0 Å². The second-order valence-electron chi connectivity index (χ2n) is 6.73. The third-order valence-corrected chi connectivity index (χ3v) is 5.08. The van der Waals surface area contributed by atoms with E-state index in [-0.39, 0.29) is 5.97 Å². The number of nitrogens with one attached hydrogen (secondary N) is 1. The van der Waals surface area contributed by atoms with Gasteiger partial charge in [0.1, 0.15) is 12.1 Å². The molecule has 8 nitrogen and oxygen atoms in total. The number of hydrogen-bond acceptors (Lipinski definition) is 6.